The van der Waals surface area contributed by atoms with Gasteiger partial charge in [-0.2, -0.15) is 0 Å². The highest BCUT2D eigenvalue weighted by atomic mass is 16.6. The first-order chi connectivity index (χ1) is 18.8. The van der Waals surface area contributed by atoms with Crippen molar-refractivity contribution < 1.29 is 38.2 Å². The lowest BCUT2D eigenvalue weighted by Crippen LogP contribution is -2.07. The molecule has 0 fully saturated rings. The van der Waals surface area contributed by atoms with Crippen molar-refractivity contribution in [1.29, 1.82) is 0 Å². The van der Waals surface area contributed by atoms with E-state index in [1.165, 1.54) is 51.7 Å². The average Bonchev–Trinajstić information content (AvgIpc) is 3.32. The van der Waals surface area contributed by atoms with Crippen LogP contribution < -0.4 is 18.9 Å². The first-order valence-corrected chi connectivity index (χ1v) is 11.4. The maximum absolute atomic E-state index is 12.6. The summed E-state index contributed by atoms with van der Waals surface area (Å²) in [6, 6.07) is 15.6. The number of methoxy groups -OCH3 is 3. The van der Waals surface area contributed by atoms with Gasteiger partial charge in [-0.3, -0.25) is 10.1 Å². The highest BCUT2D eigenvalue weighted by Gasteiger charge is 2.27. The smallest absolute Gasteiger partial charge is 0.363 e. The number of ether oxygens (including phenoxy) is 5. The first-order valence-electron chi connectivity index (χ1n) is 11.4. The lowest BCUT2D eigenvalue weighted by Gasteiger charge is -2.13. The Kier molecular flexibility index (Phi) is 8.00. The third-order valence-electron chi connectivity index (χ3n) is 5.45. The van der Waals surface area contributed by atoms with E-state index in [-0.39, 0.29) is 23.0 Å². The monoisotopic (exact) mass is 530 g/mol. The van der Waals surface area contributed by atoms with E-state index in [1.807, 2.05) is 0 Å². The second-order valence-corrected chi connectivity index (χ2v) is 7.89. The maximum atomic E-state index is 12.6. The quantitative estimate of drug-likeness (QED) is 0.128. The van der Waals surface area contributed by atoms with Gasteiger partial charge in [0.1, 0.15) is 5.75 Å². The van der Waals surface area contributed by atoms with Gasteiger partial charge in [-0.25, -0.2) is 14.6 Å². The van der Waals surface area contributed by atoms with Gasteiger partial charge in [0.15, 0.2) is 17.2 Å². The van der Waals surface area contributed by atoms with Crippen molar-refractivity contribution in [2.75, 3.05) is 21.3 Å². The average molecular weight is 530 g/mol. The number of nitro groups is 1. The molecule has 1 aliphatic heterocycles. The molecule has 0 radical (unpaired) electrons. The summed E-state index contributed by atoms with van der Waals surface area (Å²) in [5, 5.41) is 10.9. The minimum absolute atomic E-state index is 0.0191. The summed E-state index contributed by atoms with van der Waals surface area (Å²) < 4.78 is 26.8. The van der Waals surface area contributed by atoms with Crippen molar-refractivity contribution >= 4 is 35.7 Å². The molecule has 0 spiro atoms. The van der Waals surface area contributed by atoms with Gasteiger partial charge in [-0.05, 0) is 35.9 Å². The van der Waals surface area contributed by atoms with Crippen molar-refractivity contribution in [3.63, 3.8) is 0 Å². The van der Waals surface area contributed by atoms with Crippen molar-refractivity contribution in [3.8, 4) is 23.0 Å². The molecule has 4 rings (SSSR count). The highest BCUT2D eigenvalue weighted by Crippen LogP contribution is 2.39. The van der Waals surface area contributed by atoms with E-state index in [0.717, 1.165) is 6.08 Å². The van der Waals surface area contributed by atoms with E-state index in [1.54, 1.807) is 42.5 Å². The number of rotatable bonds is 9. The number of aliphatic imine (C=N–C) groups is 1. The first kappa shape index (κ1) is 26.6. The molecule has 0 amide bonds. The molecular formula is C28H22N2O9. The van der Waals surface area contributed by atoms with Gasteiger partial charge in [0.2, 0.25) is 11.6 Å². The van der Waals surface area contributed by atoms with Gasteiger partial charge >= 0.3 is 11.9 Å². The molecule has 0 saturated carbocycles. The Hall–Kier alpha value is -5.45. The van der Waals surface area contributed by atoms with Gasteiger partial charge in [0.25, 0.3) is 5.69 Å². The predicted molar refractivity (Wildman–Crippen MR) is 141 cm³/mol. The SMILES string of the molecule is COc1cc(C2=N/C(=C\c3ccccc3OC(=O)/C=C/c3cccc([N+](=O)[O-])c3)C(=O)O2)cc(OC)c1OC. The van der Waals surface area contributed by atoms with Gasteiger partial charge in [0.05, 0.1) is 26.3 Å². The molecule has 0 bridgehead atoms. The largest absolute Gasteiger partial charge is 0.493 e. The molecule has 0 aromatic heterocycles. The van der Waals surface area contributed by atoms with Crippen LogP contribution in [0.5, 0.6) is 23.0 Å². The topological polar surface area (TPSA) is 136 Å². The summed E-state index contributed by atoms with van der Waals surface area (Å²) in [6.45, 7) is 0. The van der Waals surface area contributed by atoms with Crippen molar-refractivity contribution in [1.82, 2.24) is 0 Å². The molecule has 3 aromatic carbocycles. The fourth-order valence-electron chi connectivity index (χ4n) is 3.63. The van der Waals surface area contributed by atoms with Gasteiger partial charge in [-0.15, -0.1) is 0 Å². The third-order valence-corrected chi connectivity index (χ3v) is 5.45. The number of carbonyl (C=O) groups is 2. The molecular weight excluding hydrogens is 508 g/mol. The van der Waals surface area contributed by atoms with Gasteiger partial charge < -0.3 is 23.7 Å². The van der Waals surface area contributed by atoms with E-state index >= 15 is 0 Å². The highest BCUT2D eigenvalue weighted by molar-refractivity contribution is 6.13. The Morgan fingerprint density at radius 2 is 1.67 bits per heavy atom. The Balaban J connectivity index is 1.58. The second-order valence-electron chi connectivity index (χ2n) is 7.89. The number of hydrogen-bond donors (Lipinski definition) is 0. The van der Waals surface area contributed by atoms with Crippen LogP contribution in [0.15, 0.2) is 77.4 Å². The summed E-state index contributed by atoms with van der Waals surface area (Å²) in [6.07, 6.45) is 3.98. The Bertz CT molecular complexity index is 1510. The maximum Gasteiger partial charge on any atom is 0.363 e. The number of benzene rings is 3. The summed E-state index contributed by atoms with van der Waals surface area (Å²) in [5.41, 5.74) is 1.16. The van der Waals surface area contributed by atoms with Gasteiger partial charge in [0, 0.05) is 29.3 Å². The van der Waals surface area contributed by atoms with E-state index in [4.69, 9.17) is 23.7 Å². The molecule has 198 valence electrons. The van der Waals surface area contributed by atoms with Crippen LogP contribution in [0.3, 0.4) is 0 Å². The van der Waals surface area contributed by atoms with E-state index in [2.05, 4.69) is 4.99 Å². The molecule has 0 unspecified atom stereocenters. The zero-order valence-corrected chi connectivity index (χ0v) is 21.1. The van der Waals surface area contributed by atoms with Crippen LogP contribution in [-0.4, -0.2) is 44.1 Å². The Morgan fingerprint density at radius 1 is 0.949 bits per heavy atom. The summed E-state index contributed by atoms with van der Waals surface area (Å²) in [7, 11) is 4.40. The van der Waals surface area contributed by atoms with E-state index < -0.39 is 16.9 Å². The Morgan fingerprint density at radius 3 is 2.33 bits per heavy atom. The molecule has 39 heavy (non-hydrogen) atoms. The zero-order chi connectivity index (χ0) is 27.9. The summed E-state index contributed by atoms with van der Waals surface area (Å²) in [4.78, 5) is 39.8. The van der Waals surface area contributed by atoms with Crippen LogP contribution in [0.2, 0.25) is 0 Å². The van der Waals surface area contributed by atoms with E-state index in [9.17, 15) is 19.7 Å². The minimum Gasteiger partial charge on any atom is -0.493 e. The molecule has 11 nitrogen and oxygen atoms in total. The number of esters is 2. The predicted octanol–water partition coefficient (Wildman–Crippen LogP) is 4.58. The van der Waals surface area contributed by atoms with Crippen LogP contribution >= 0.6 is 0 Å². The van der Waals surface area contributed by atoms with Crippen LogP contribution in [0, 0.1) is 10.1 Å². The lowest BCUT2D eigenvalue weighted by molar-refractivity contribution is -0.384. The fourth-order valence-corrected chi connectivity index (χ4v) is 3.63. The number of nitrogens with zero attached hydrogens (tertiary/aromatic N) is 2. The number of cyclic esters (lactones) is 1. The fraction of sp³-hybridized carbons (Fsp3) is 0.107. The molecule has 3 aromatic rings. The third kappa shape index (κ3) is 6.10. The number of hydrogen-bond acceptors (Lipinski definition) is 10. The van der Waals surface area contributed by atoms with Crippen LogP contribution in [0.25, 0.3) is 12.2 Å². The number of nitro benzene ring substituents is 1. The van der Waals surface area contributed by atoms with Crippen LogP contribution in [0.4, 0.5) is 5.69 Å². The van der Waals surface area contributed by atoms with E-state index in [0.29, 0.717) is 33.9 Å². The second kappa shape index (κ2) is 11.7. The summed E-state index contributed by atoms with van der Waals surface area (Å²) >= 11 is 0. The van der Waals surface area contributed by atoms with Crippen LogP contribution in [0.1, 0.15) is 16.7 Å². The molecule has 0 N–H and O–H groups in total. The Labute approximate surface area is 222 Å². The summed E-state index contributed by atoms with van der Waals surface area (Å²) in [5.74, 6) is -0.132. The number of non-ortho nitro benzene ring substituents is 1. The molecule has 0 saturated heterocycles. The van der Waals surface area contributed by atoms with Crippen molar-refractivity contribution in [3.05, 3.63) is 99.2 Å². The van der Waals surface area contributed by atoms with Crippen LogP contribution in [-0.2, 0) is 14.3 Å². The standard InChI is InChI=1S/C28H22N2O9/c1-35-23-15-19(16-24(36-2)26(23)37-3)27-29-21(28(32)39-27)14-18-8-4-5-10-22(18)38-25(31)12-11-17-7-6-9-20(13-17)30(33)34/h4-16H,1-3H3/b12-11+,21-14-. The molecule has 1 aliphatic rings. The molecule has 0 aliphatic carbocycles. The number of para-hydroxylation sites is 1. The van der Waals surface area contributed by atoms with Gasteiger partial charge in [-0.1, -0.05) is 30.3 Å². The normalized spacial score (nSPS) is 13.7. The lowest BCUT2D eigenvalue weighted by atomic mass is 10.1. The molecule has 11 heteroatoms. The minimum atomic E-state index is -0.719. The van der Waals surface area contributed by atoms with Crippen molar-refractivity contribution in [2.45, 2.75) is 0 Å². The molecule has 0 atom stereocenters. The number of carbonyl (C=O) groups excluding carboxylic acids is 2. The van der Waals surface area contributed by atoms with Crippen molar-refractivity contribution in [2.24, 2.45) is 4.99 Å². The zero-order valence-electron chi connectivity index (χ0n) is 21.1. The molecule has 1 heterocycles.